The standard InChI is InChI=1S/C11H15N3O2/c1-4-12-7(2)11-13-10(14-16-11)9-5-6-15-8(9)3/h5-7,12H,4H2,1-3H3. The molecule has 86 valence electrons. The second-order valence-electron chi connectivity index (χ2n) is 3.63. The minimum atomic E-state index is 0.0680. The lowest BCUT2D eigenvalue weighted by atomic mass is 10.2. The fourth-order valence-corrected chi connectivity index (χ4v) is 1.53. The predicted octanol–water partition coefficient (Wildman–Crippen LogP) is 2.31. The van der Waals surface area contributed by atoms with E-state index in [4.69, 9.17) is 8.94 Å². The number of hydrogen-bond acceptors (Lipinski definition) is 5. The van der Waals surface area contributed by atoms with E-state index in [0.717, 1.165) is 17.9 Å². The lowest BCUT2D eigenvalue weighted by Crippen LogP contribution is -2.17. The number of furan rings is 1. The number of hydrogen-bond donors (Lipinski definition) is 1. The maximum Gasteiger partial charge on any atom is 0.243 e. The quantitative estimate of drug-likeness (QED) is 0.858. The average Bonchev–Trinajstić information content (AvgIpc) is 2.86. The molecule has 1 N–H and O–H groups in total. The molecule has 0 spiro atoms. The van der Waals surface area contributed by atoms with Crippen LogP contribution in [0.5, 0.6) is 0 Å². The molecular formula is C11H15N3O2. The highest BCUT2D eigenvalue weighted by Gasteiger charge is 2.16. The number of aryl methyl sites for hydroxylation is 1. The maximum atomic E-state index is 5.20. The van der Waals surface area contributed by atoms with Crippen LogP contribution < -0.4 is 5.32 Å². The van der Waals surface area contributed by atoms with Gasteiger partial charge in [-0.2, -0.15) is 4.98 Å². The predicted molar refractivity (Wildman–Crippen MR) is 58.8 cm³/mol. The first kappa shape index (κ1) is 10.9. The van der Waals surface area contributed by atoms with Crippen molar-refractivity contribution in [2.45, 2.75) is 26.8 Å². The first-order valence-corrected chi connectivity index (χ1v) is 5.33. The summed E-state index contributed by atoms with van der Waals surface area (Å²) in [7, 11) is 0. The lowest BCUT2D eigenvalue weighted by Gasteiger charge is -2.04. The van der Waals surface area contributed by atoms with Crippen molar-refractivity contribution >= 4 is 0 Å². The third-order valence-corrected chi connectivity index (χ3v) is 2.42. The highest BCUT2D eigenvalue weighted by Crippen LogP contribution is 2.22. The van der Waals surface area contributed by atoms with Crippen molar-refractivity contribution in [3.8, 4) is 11.4 Å². The van der Waals surface area contributed by atoms with Gasteiger partial charge in [0, 0.05) is 0 Å². The first-order valence-electron chi connectivity index (χ1n) is 5.33. The van der Waals surface area contributed by atoms with Gasteiger partial charge >= 0.3 is 0 Å². The highest BCUT2D eigenvalue weighted by molar-refractivity contribution is 5.56. The molecule has 1 atom stereocenters. The summed E-state index contributed by atoms with van der Waals surface area (Å²) in [5.41, 5.74) is 0.874. The topological polar surface area (TPSA) is 64.1 Å². The van der Waals surface area contributed by atoms with E-state index in [0.29, 0.717) is 11.7 Å². The minimum absolute atomic E-state index is 0.0680. The second kappa shape index (κ2) is 4.49. The van der Waals surface area contributed by atoms with Crippen LogP contribution in [0.15, 0.2) is 21.3 Å². The zero-order valence-corrected chi connectivity index (χ0v) is 9.65. The van der Waals surface area contributed by atoms with E-state index in [2.05, 4.69) is 15.5 Å². The van der Waals surface area contributed by atoms with Crippen LogP contribution >= 0.6 is 0 Å². The Balaban J connectivity index is 2.23. The molecule has 16 heavy (non-hydrogen) atoms. The van der Waals surface area contributed by atoms with Gasteiger partial charge in [-0.05, 0) is 26.5 Å². The minimum Gasteiger partial charge on any atom is -0.469 e. The van der Waals surface area contributed by atoms with Crippen molar-refractivity contribution in [3.63, 3.8) is 0 Å². The second-order valence-corrected chi connectivity index (χ2v) is 3.63. The van der Waals surface area contributed by atoms with E-state index >= 15 is 0 Å². The zero-order valence-electron chi connectivity index (χ0n) is 9.65. The summed E-state index contributed by atoms with van der Waals surface area (Å²) in [5.74, 6) is 1.96. The number of rotatable bonds is 4. The van der Waals surface area contributed by atoms with Gasteiger partial charge in [0.25, 0.3) is 0 Å². The Morgan fingerprint density at radius 2 is 2.31 bits per heavy atom. The molecule has 0 aliphatic rings. The van der Waals surface area contributed by atoms with Crippen molar-refractivity contribution in [2.24, 2.45) is 0 Å². The highest BCUT2D eigenvalue weighted by atomic mass is 16.5. The number of nitrogens with zero attached hydrogens (tertiary/aromatic N) is 2. The Morgan fingerprint density at radius 1 is 1.50 bits per heavy atom. The zero-order chi connectivity index (χ0) is 11.5. The molecule has 5 nitrogen and oxygen atoms in total. The van der Waals surface area contributed by atoms with Gasteiger partial charge in [0.15, 0.2) is 0 Å². The molecule has 2 heterocycles. The summed E-state index contributed by atoms with van der Waals surface area (Å²) in [6.07, 6.45) is 1.62. The molecule has 2 aromatic heterocycles. The third-order valence-electron chi connectivity index (χ3n) is 2.42. The van der Waals surface area contributed by atoms with Crippen LogP contribution in [0.25, 0.3) is 11.4 Å². The lowest BCUT2D eigenvalue weighted by molar-refractivity contribution is 0.342. The average molecular weight is 221 g/mol. The fraction of sp³-hybridized carbons (Fsp3) is 0.455. The molecule has 0 saturated carbocycles. The van der Waals surface area contributed by atoms with Crippen molar-refractivity contribution in [1.82, 2.24) is 15.5 Å². The van der Waals surface area contributed by atoms with E-state index in [9.17, 15) is 0 Å². The first-order chi connectivity index (χ1) is 7.72. The summed E-state index contributed by atoms with van der Waals surface area (Å²) >= 11 is 0. The van der Waals surface area contributed by atoms with Gasteiger partial charge in [-0.3, -0.25) is 0 Å². The molecule has 0 saturated heterocycles. The molecule has 0 amide bonds. The largest absolute Gasteiger partial charge is 0.469 e. The maximum absolute atomic E-state index is 5.20. The van der Waals surface area contributed by atoms with Crippen molar-refractivity contribution < 1.29 is 8.94 Å². The van der Waals surface area contributed by atoms with Crippen LogP contribution in [0.1, 0.15) is 31.5 Å². The van der Waals surface area contributed by atoms with Gasteiger partial charge < -0.3 is 14.3 Å². The summed E-state index contributed by atoms with van der Waals surface area (Å²) in [6.45, 7) is 6.76. The number of nitrogens with one attached hydrogen (secondary N) is 1. The monoisotopic (exact) mass is 221 g/mol. The normalized spacial score (nSPS) is 12.9. The van der Waals surface area contributed by atoms with Gasteiger partial charge in [-0.25, -0.2) is 0 Å². The molecule has 0 bridgehead atoms. The van der Waals surface area contributed by atoms with Gasteiger partial charge in [-0.1, -0.05) is 12.1 Å². The molecule has 0 aromatic carbocycles. The summed E-state index contributed by atoms with van der Waals surface area (Å²) in [6, 6.07) is 1.90. The molecule has 0 fully saturated rings. The van der Waals surface area contributed by atoms with E-state index in [-0.39, 0.29) is 6.04 Å². The molecule has 1 unspecified atom stereocenters. The smallest absolute Gasteiger partial charge is 0.243 e. The fourth-order valence-electron chi connectivity index (χ4n) is 1.53. The van der Waals surface area contributed by atoms with Crippen LogP contribution in [0.2, 0.25) is 0 Å². The Bertz CT molecular complexity index is 461. The summed E-state index contributed by atoms with van der Waals surface area (Å²) < 4.78 is 10.4. The molecule has 0 radical (unpaired) electrons. The molecule has 2 aromatic rings. The van der Waals surface area contributed by atoms with Gasteiger partial charge in [-0.15, -0.1) is 0 Å². The Morgan fingerprint density at radius 3 is 2.94 bits per heavy atom. The van der Waals surface area contributed by atoms with Gasteiger partial charge in [0.2, 0.25) is 11.7 Å². The van der Waals surface area contributed by atoms with Crippen molar-refractivity contribution in [3.05, 3.63) is 24.0 Å². The molecular weight excluding hydrogens is 206 g/mol. The Hall–Kier alpha value is -1.62. The van der Waals surface area contributed by atoms with E-state index in [1.165, 1.54) is 0 Å². The molecule has 0 aliphatic carbocycles. The van der Waals surface area contributed by atoms with Crippen LogP contribution in [-0.4, -0.2) is 16.7 Å². The Kier molecular flexibility index (Phi) is 3.05. The number of aromatic nitrogens is 2. The van der Waals surface area contributed by atoms with Crippen LogP contribution in [0.3, 0.4) is 0 Å². The van der Waals surface area contributed by atoms with Gasteiger partial charge in [0.05, 0.1) is 17.9 Å². The van der Waals surface area contributed by atoms with Crippen LogP contribution in [-0.2, 0) is 0 Å². The molecule has 5 heteroatoms. The molecule has 0 aliphatic heterocycles. The third kappa shape index (κ3) is 1.99. The summed E-state index contributed by atoms with van der Waals surface area (Å²) in [4.78, 5) is 4.33. The van der Waals surface area contributed by atoms with E-state index in [1.54, 1.807) is 6.26 Å². The van der Waals surface area contributed by atoms with E-state index in [1.807, 2.05) is 26.8 Å². The van der Waals surface area contributed by atoms with Gasteiger partial charge in [0.1, 0.15) is 5.76 Å². The van der Waals surface area contributed by atoms with Crippen LogP contribution in [0, 0.1) is 6.92 Å². The van der Waals surface area contributed by atoms with Crippen molar-refractivity contribution in [1.29, 1.82) is 0 Å². The van der Waals surface area contributed by atoms with Crippen molar-refractivity contribution in [2.75, 3.05) is 6.54 Å². The summed E-state index contributed by atoms with van der Waals surface area (Å²) in [5, 5.41) is 7.15. The van der Waals surface area contributed by atoms with E-state index < -0.39 is 0 Å². The van der Waals surface area contributed by atoms with Crippen LogP contribution in [0.4, 0.5) is 0 Å². The molecule has 2 rings (SSSR count). The Labute approximate surface area is 93.8 Å². The SMILES string of the molecule is CCNC(C)c1nc(-c2ccoc2C)no1.